The second-order valence-corrected chi connectivity index (χ2v) is 8.12. The van der Waals surface area contributed by atoms with Gasteiger partial charge >= 0.3 is 6.09 Å². The van der Waals surface area contributed by atoms with Crippen molar-refractivity contribution < 1.29 is 18.7 Å². The number of rotatable bonds is 7. The second kappa shape index (κ2) is 9.92. The van der Waals surface area contributed by atoms with E-state index in [1.165, 1.54) is 17.7 Å². The van der Waals surface area contributed by atoms with Crippen LogP contribution in [0.25, 0.3) is 0 Å². The topological polar surface area (TPSA) is 70.7 Å². The molecule has 2 aromatic rings. The van der Waals surface area contributed by atoms with Crippen LogP contribution in [0.5, 0.6) is 0 Å². The molecule has 1 fully saturated rings. The predicted molar refractivity (Wildman–Crippen MR) is 118 cm³/mol. The molecule has 0 unspecified atom stereocenters. The van der Waals surface area contributed by atoms with Gasteiger partial charge in [0.05, 0.1) is 18.0 Å². The summed E-state index contributed by atoms with van der Waals surface area (Å²) in [7, 11) is 0. The number of likely N-dealkylation sites (tertiary alicyclic amines) is 1. The molecular weight excluding hydrogens is 397 g/mol. The van der Waals surface area contributed by atoms with Crippen LogP contribution in [0.3, 0.4) is 0 Å². The Labute approximate surface area is 181 Å². The minimum Gasteiger partial charge on any atom is -0.449 e. The van der Waals surface area contributed by atoms with E-state index < -0.39 is 6.09 Å². The number of halogens is 1. The Bertz CT molecular complexity index is 924. The van der Waals surface area contributed by atoms with Crippen molar-refractivity contribution in [2.75, 3.05) is 43.4 Å². The van der Waals surface area contributed by atoms with Crippen molar-refractivity contribution >= 4 is 23.3 Å². The number of benzene rings is 2. The molecule has 0 bridgehead atoms. The van der Waals surface area contributed by atoms with Gasteiger partial charge in [-0.2, -0.15) is 0 Å². The molecule has 6 nitrogen and oxygen atoms in total. The van der Waals surface area contributed by atoms with E-state index in [4.69, 9.17) is 4.74 Å². The number of ketones is 1. The molecule has 0 saturated carbocycles. The van der Waals surface area contributed by atoms with E-state index in [1.54, 1.807) is 12.1 Å². The molecule has 0 radical (unpaired) electrons. The van der Waals surface area contributed by atoms with Crippen molar-refractivity contribution in [3.63, 3.8) is 0 Å². The van der Waals surface area contributed by atoms with Crippen LogP contribution >= 0.6 is 0 Å². The monoisotopic (exact) mass is 425 g/mol. The highest BCUT2D eigenvalue weighted by Crippen LogP contribution is 2.30. The highest BCUT2D eigenvalue weighted by molar-refractivity contribution is 5.97. The van der Waals surface area contributed by atoms with Crippen molar-refractivity contribution in [2.24, 2.45) is 5.92 Å². The van der Waals surface area contributed by atoms with E-state index in [0.717, 1.165) is 63.2 Å². The lowest BCUT2D eigenvalue weighted by molar-refractivity contribution is 0.0830. The van der Waals surface area contributed by atoms with Gasteiger partial charge in [0.2, 0.25) is 0 Å². The van der Waals surface area contributed by atoms with Gasteiger partial charge in [-0.05, 0) is 74.7 Å². The highest BCUT2D eigenvalue weighted by Gasteiger charge is 2.25. The number of carbonyl (C=O) groups excluding carboxylic acids is 2. The molecule has 0 aromatic heterocycles. The van der Waals surface area contributed by atoms with Gasteiger partial charge in [0.25, 0.3) is 0 Å². The number of hydrogen-bond donors (Lipinski definition) is 2. The first-order valence-electron chi connectivity index (χ1n) is 10.9. The summed E-state index contributed by atoms with van der Waals surface area (Å²) in [6, 6.07) is 11.7. The van der Waals surface area contributed by atoms with Crippen LogP contribution in [0.1, 0.15) is 35.2 Å². The second-order valence-electron chi connectivity index (χ2n) is 8.12. The van der Waals surface area contributed by atoms with Crippen molar-refractivity contribution in [1.82, 2.24) is 4.90 Å². The molecule has 2 heterocycles. The van der Waals surface area contributed by atoms with Gasteiger partial charge in [0.1, 0.15) is 5.82 Å². The van der Waals surface area contributed by atoms with Crippen LogP contribution in [0, 0.1) is 11.7 Å². The van der Waals surface area contributed by atoms with Crippen LogP contribution in [0.2, 0.25) is 0 Å². The molecule has 2 aliphatic heterocycles. The zero-order valence-electron chi connectivity index (χ0n) is 17.5. The summed E-state index contributed by atoms with van der Waals surface area (Å²) in [6.07, 6.45) is 2.86. The fraction of sp³-hybridized carbons (Fsp3) is 0.417. The standard InChI is InChI=1S/C24H28FN3O3/c25-20-7-5-18(6-8-20)23(29)19-10-14-28(15-11-19)13-2-16-31-24(30)27-21-4-1-3-17-9-12-26-22(17)21/h1,3-8,19,26H,2,9-16H2,(H,27,30). The average molecular weight is 426 g/mol. The first-order chi connectivity index (χ1) is 15.1. The van der Waals surface area contributed by atoms with Crippen LogP contribution < -0.4 is 10.6 Å². The zero-order valence-corrected chi connectivity index (χ0v) is 17.5. The number of nitrogens with zero attached hydrogens (tertiary/aromatic N) is 1. The molecule has 1 saturated heterocycles. The Morgan fingerprint density at radius 1 is 1.13 bits per heavy atom. The van der Waals surface area contributed by atoms with E-state index in [0.29, 0.717) is 12.2 Å². The SMILES string of the molecule is O=C(Nc1cccc2c1NCC2)OCCCN1CCC(C(=O)c2ccc(F)cc2)CC1. The first kappa shape index (κ1) is 21.3. The number of fused-ring (bicyclic) bond motifs is 1. The van der Waals surface area contributed by atoms with Crippen LogP contribution in [0.4, 0.5) is 20.6 Å². The number of para-hydroxylation sites is 1. The van der Waals surface area contributed by atoms with Gasteiger partial charge in [-0.15, -0.1) is 0 Å². The van der Waals surface area contributed by atoms with Crippen LogP contribution in [0.15, 0.2) is 42.5 Å². The van der Waals surface area contributed by atoms with E-state index in [9.17, 15) is 14.0 Å². The maximum absolute atomic E-state index is 13.0. The summed E-state index contributed by atoms with van der Waals surface area (Å²) in [4.78, 5) is 27.0. The number of anilines is 2. The fourth-order valence-electron chi connectivity index (χ4n) is 4.31. The fourth-order valence-corrected chi connectivity index (χ4v) is 4.31. The van der Waals surface area contributed by atoms with E-state index in [2.05, 4.69) is 21.6 Å². The molecule has 4 rings (SSSR count). The van der Waals surface area contributed by atoms with Gasteiger partial charge in [-0.25, -0.2) is 9.18 Å². The van der Waals surface area contributed by atoms with Crippen molar-refractivity contribution in [3.8, 4) is 0 Å². The molecule has 31 heavy (non-hydrogen) atoms. The summed E-state index contributed by atoms with van der Waals surface area (Å²) in [5, 5.41) is 6.11. The summed E-state index contributed by atoms with van der Waals surface area (Å²) >= 11 is 0. The number of ether oxygens (including phenoxy) is 1. The Hall–Kier alpha value is -2.93. The molecule has 2 N–H and O–H groups in total. The third-order valence-electron chi connectivity index (χ3n) is 6.02. The maximum Gasteiger partial charge on any atom is 0.411 e. The number of piperidine rings is 1. The molecule has 0 atom stereocenters. The maximum atomic E-state index is 13.0. The summed E-state index contributed by atoms with van der Waals surface area (Å²) in [5.41, 5.74) is 3.53. The quantitative estimate of drug-likeness (QED) is 0.511. The van der Waals surface area contributed by atoms with Crippen molar-refractivity contribution in [3.05, 3.63) is 59.4 Å². The lowest BCUT2D eigenvalue weighted by atomic mass is 9.89. The number of amides is 1. The molecular formula is C24H28FN3O3. The number of nitrogens with one attached hydrogen (secondary N) is 2. The normalized spacial score (nSPS) is 16.4. The highest BCUT2D eigenvalue weighted by atomic mass is 19.1. The Kier molecular flexibility index (Phi) is 6.82. The third kappa shape index (κ3) is 5.41. The minimum atomic E-state index is -0.439. The first-order valence-corrected chi connectivity index (χ1v) is 10.9. The summed E-state index contributed by atoms with van der Waals surface area (Å²) in [5.74, 6) is -0.238. The lowest BCUT2D eigenvalue weighted by Crippen LogP contribution is -2.37. The van der Waals surface area contributed by atoms with Gasteiger partial charge in [-0.3, -0.25) is 10.1 Å². The molecule has 1 amide bonds. The Balaban J connectivity index is 1.14. The molecule has 2 aliphatic rings. The molecule has 7 heteroatoms. The predicted octanol–water partition coefficient (Wildman–Crippen LogP) is 4.33. The molecule has 2 aromatic carbocycles. The number of carbonyl (C=O) groups is 2. The van der Waals surface area contributed by atoms with E-state index in [1.807, 2.05) is 12.1 Å². The largest absolute Gasteiger partial charge is 0.449 e. The van der Waals surface area contributed by atoms with E-state index in [-0.39, 0.29) is 17.5 Å². The van der Waals surface area contributed by atoms with Crippen molar-refractivity contribution in [1.29, 1.82) is 0 Å². The minimum absolute atomic E-state index is 0.00931. The molecule has 0 aliphatic carbocycles. The Morgan fingerprint density at radius 3 is 2.68 bits per heavy atom. The lowest BCUT2D eigenvalue weighted by Gasteiger charge is -2.31. The van der Waals surface area contributed by atoms with E-state index >= 15 is 0 Å². The van der Waals surface area contributed by atoms with Gasteiger partial charge in [0, 0.05) is 24.6 Å². The third-order valence-corrected chi connectivity index (χ3v) is 6.02. The molecule has 164 valence electrons. The van der Waals surface area contributed by atoms with Gasteiger partial charge in [-0.1, -0.05) is 12.1 Å². The Morgan fingerprint density at radius 2 is 1.90 bits per heavy atom. The smallest absolute Gasteiger partial charge is 0.411 e. The number of Topliss-reactive ketones (excluding diaryl/α,β-unsaturated/α-hetero) is 1. The average Bonchev–Trinajstić information content (AvgIpc) is 3.27. The van der Waals surface area contributed by atoms with Crippen LogP contribution in [-0.4, -0.2) is 49.6 Å². The van der Waals surface area contributed by atoms with Gasteiger partial charge < -0.3 is 15.0 Å². The van der Waals surface area contributed by atoms with Gasteiger partial charge in [0.15, 0.2) is 5.78 Å². The number of hydrogen-bond acceptors (Lipinski definition) is 5. The van der Waals surface area contributed by atoms with Crippen molar-refractivity contribution in [2.45, 2.75) is 25.7 Å². The summed E-state index contributed by atoms with van der Waals surface area (Å²) < 4.78 is 18.4. The molecule has 0 spiro atoms. The zero-order chi connectivity index (χ0) is 21.6. The summed E-state index contributed by atoms with van der Waals surface area (Å²) in [6.45, 7) is 3.74. The van der Waals surface area contributed by atoms with Crippen LogP contribution in [-0.2, 0) is 11.2 Å².